The quantitative estimate of drug-likeness (QED) is 0.729. The molecule has 3 rings (SSSR count). The van der Waals surface area contributed by atoms with Crippen molar-refractivity contribution in [2.75, 3.05) is 13.2 Å². The predicted octanol–water partition coefficient (Wildman–Crippen LogP) is 3.80. The summed E-state index contributed by atoms with van der Waals surface area (Å²) in [7, 11) is 0. The predicted molar refractivity (Wildman–Crippen MR) is 99.0 cm³/mol. The Morgan fingerprint density at radius 3 is 2.84 bits per heavy atom. The van der Waals surface area contributed by atoms with Gasteiger partial charge in [-0.25, -0.2) is 0 Å². The summed E-state index contributed by atoms with van der Waals surface area (Å²) in [5, 5.41) is 2.96. The summed E-state index contributed by atoms with van der Waals surface area (Å²) in [4.78, 5) is 12.3. The third kappa shape index (κ3) is 5.21. The Morgan fingerprint density at radius 1 is 1.20 bits per heavy atom. The average Bonchev–Trinajstić information content (AvgIpc) is 3.15. The van der Waals surface area contributed by atoms with Gasteiger partial charge in [-0.05, 0) is 69.1 Å². The minimum absolute atomic E-state index is 0.0470. The number of carbonyl (C=O) groups excluding carboxylic acids is 1. The van der Waals surface area contributed by atoms with Crippen LogP contribution in [0.25, 0.3) is 0 Å². The first-order chi connectivity index (χ1) is 12.2. The number of fused-ring (bicyclic) bond motifs is 1. The van der Waals surface area contributed by atoms with E-state index in [1.54, 1.807) is 0 Å². The molecule has 1 amide bonds. The first-order valence-corrected chi connectivity index (χ1v) is 9.91. The summed E-state index contributed by atoms with van der Waals surface area (Å²) < 4.78 is 11.8. The lowest BCUT2D eigenvalue weighted by Gasteiger charge is -2.22. The number of ether oxygens (including phenoxy) is 2. The van der Waals surface area contributed by atoms with Gasteiger partial charge in [-0.15, -0.1) is 0 Å². The van der Waals surface area contributed by atoms with Crippen molar-refractivity contribution >= 4 is 5.91 Å². The number of hydrogen-bond acceptors (Lipinski definition) is 3. The molecule has 4 nitrogen and oxygen atoms in total. The smallest absolute Gasteiger partial charge is 0.260 e. The SMILES string of the molecule is CC(Oc1cccc2c1CCCC2)C(=O)NCCCOC1CCCC1. The third-order valence-electron chi connectivity index (χ3n) is 5.30. The highest BCUT2D eigenvalue weighted by Crippen LogP contribution is 2.30. The minimum Gasteiger partial charge on any atom is -0.481 e. The van der Waals surface area contributed by atoms with E-state index in [0.717, 1.165) is 31.6 Å². The van der Waals surface area contributed by atoms with Crippen LogP contribution in [0.15, 0.2) is 18.2 Å². The second-order valence-electron chi connectivity index (χ2n) is 7.28. The molecular formula is C21H31NO3. The first-order valence-electron chi connectivity index (χ1n) is 9.91. The monoisotopic (exact) mass is 345 g/mol. The maximum atomic E-state index is 12.3. The lowest BCUT2D eigenvalue weighted by Crippen LogP contribution is -2.37. The Kier molecular flexibility index (Phi) is 6.74. The number of carbonyl (C=O) groups is 1. The van der Waals surface area contributed by atoms with Crippen LogP contribution in [0.3, 0.4) is 0 Å². The van der Waals surface area contributed by atoms with Crippen molar-refractivity contribution in [2.24, 2.45) is 0 Å². The highest BCUT2D eigenvalue weighted by molar-refractivity contribution is 5.80. The van der Waals surface area contributed by atoms with Gasteiger partial charge in [-0.2, -0.15) is 0 Å². The molecule has 1 aromatic carbocycles. The second kappa shape index (κ2) is 9.23. The van der Waals surface area contributed by atoms with Gasteiger partial charge in [-0.3, -0.25) is 4.79 Å². The van der Waals surface area contributed by atoms with Crippen LogP contribution in [0, 0.1) is 0 Å². The normalized spacial score (nSPS) is 18.6. The number of benzene rings is 1. The Morgan fingerprint density at radius 2 is 2.00 bits per heavy atom. The van der Waals surface area contributed by atoms with Gasteiger partial charge in [0.1, 0.15) is 5.75 Å². The van der Waals surface area contributed by atoms with Crippen LogP contribution in [-0.2, 0) is 22.4 Å². The van der Waals surface area contributed by atoms with Gasteiger partial charge in [0, 0.05) is 13.2 Å². The lowest BCUT2D eigenvalue weighted by atomic mass is 9.91. The van der Waals surface area contributed by atoms with Crippen molar-refractivity contribution in [3.05, 3.63) is 29.3 Å². The summed E-state index contributed by atoms with van der Waals surface area (Å²) in [6.45, 7) is 3.20. The Bertz CT molecular complexity index is 566. The van der Waals surface area contributed by atoms with Crippen LogP contribution >= 0.6 is 0 Å². The molecular weight excluding hydrogens is 314 g/mol. The van der Waals surface area contributed by atoms with Gasteiger partial charge in [0.15, 0.2) is 6.10 Å². The molecule has 2 aliphatic rings. The molecule has 0 radical (unpaired) electrons. The summed E-state index contributed by atoms with van der Waals surface area (Å²) in [6.07, 6.45) is 10.4. The summed E-state index contributed by atoms with van der Waals surface area (Å²) in [5.41, 5.74) is 2.67. The van der Waals surface area contributed by atoms with Gasteiger partial charge in [-0.1, -0.05) is 25.0 Å². The van der Waals surface area contributed by atoms with E-state index in [2.05, 4.69) is 11.4 Å². The lowest BCUT2D eigenvalue weighted by molar-refractivity contribution is -0.127. The number of hydrogen-bond donors (Lipinski definition) is 1. The maximum absolute atomic E-state index is 12.3. The van der Waals surface area contributed by atoms with Crippen LogP contribution in [0.1, 0.15) is 63.0 Å². The van der Waals surface area contributed by atoms with Gasteiger partial charge >= 0.3 is 0 Å². The van der Waals surface area contributed by atoms with Crippen LogP contribution < -0.4 is 10.1 Å². The molecule has 0 aliphatic heterocycles. The fraction of sp³-hybridized carbons (Fsp3) is 0.667. The van der Waals surface area contributed by atoms with Gasteiger partial charge < -0.3 is 14.8 Å². The van der Waals surface area contributed by atoms with Crippen LogP contribution in [-0.4, -0.2) is 31.3 Å². The molecule has 4 heteroatoms. The molecule has 1 atom stereocenters. The van der Waals surface area contributed by atoms with Crippen molar-refractivity contribution in [3.63, 3.8) is 0 Å². The minimum atomic E-state index is -0.468. The molecule has 1 N–H and O–H groups in total. The van der Waals surface area contributed by atoms with E-state index in [4.69, 9.17) is 9.47 Å². The number of amides is 1. The molecule has 1 aromatic rings. The van der Waals surface area contributed by atoms with Gasteiger partial charge in [0.2, 0.25) is 0 Å². The van der Waals surface area contributed by atoms with E-state index in [-0.39, 0.29) is 5.91 Å². The van der Waals surface area contributed by atoms with E-state index in [9.17, 15) is 4.79 Å². The molecule has 138 valence electrons. The fourth-order valence-electron chi connectivity index (χ4n) is 3.83. The van der Waals surface area contributed by atoms with E-state index < -0.39 is 6.10 Å². The van der Waals surface area contributed by atoms with Crippen LogP contribution in [0.5, 0.6) is 5.75 Å². The van der Waals surface area contributed by atoms with Gasteiger partial charge in [0.25, 0.3) is 5.91 Å². The molecule has 0 bridgehead atoms. The van der Waals surface area contributed by atoms with Crippen LogP contribution in [0.2, 0.25) is 0 Å². The highest BCUT2D eigenvalue weighted by atomic mass is 16.5. The van der Waals surface area contributed by atoms with Crippen molar-refractivity contribution in [1.29, 1.82) is 0 Å². The molecule has 0 saturated heterocycles. The van der Waals surface area contributed by atoms with Gasteiger partial charge in [0.05, 0.1) is 6.10 Å². The zero-order chi connectivity index (χ0) is 17.5. The fourth-order valence-corrected chi connectivity index (χ4v) is 3.83. The summed E-state index contributed by atoms with van der Waals surface area (Å²) in [6, 6.07) is 6.20. The van der Waals surface area contributed by atoms with E-state index in [1.165, 1.54) is 49.7 Å². The van der Waals surface area contributed by atoms with E-state index in [0.29, 0.717) is 12.6 Å². The van der Waals surface area contributed by atoms with E-state index >= 15 is 0 Å². The second-order valence-corrected chi connectivity index (χ2v) is 7.28. The van der Waals surface area contributed by atoms with E-state index in [1.807, 2.05) is 19.1 Å². The van der Waals surface area contributed by atoms with Crippen LogP contribution in [0.4, 0.5) is 0 Å². The van der Waals surface area contributed by atoms with Crippen molar-refractivity contribution in [3.8, 4) is 5.75 Å². The zero-order valence-electron chi connectivity index (χ0n) is 15.4. The maximum Gasteiger partial charge on any atom is 0.260 e. The highest BCUT2D eigenvalue weighted by Gasteiger charge is 2.19. The summed E-state index contributed by atoms with van der Waals surface area (Å²) in [5.74, 6) is 0.832. The standard InChI is InChI=1S/C21H31NO3/c1-16(21(23)22-14-7-15-24-18-10-3-4-11-18)25-20-13-6-9-17-8-2-5-12-19(17)20/h6,9,13,16,18H,2-5,7-8,10-12,14-15H2,1H3,(H,22,23). The number of rotatable bonds is 8. The first kappa shape index (κ1) is 18.2. The molecule has 2 aliphatic carbocycles. The molecule has 0 heterocycles. The number of aryl methyl sites for hydroxylation is 1. The Hall–Kier alpha value is -1.55. The summed E-state index contributed by atoms with van der Waals surface area (Å²) >= 11 is 0. The molecule has 1 unspecified atom stereocenters. The van der Waals surface area contributed by atoms with Crippen molar-refractivity contribution < 1.29 is 14.3 Å². The van der Waals surface area contributed by atoms with Crippen molar-refractivity contribution in [1.82, 2.24) is 5.32 Å². The largest absolute Gasteiger partial charge is 0.481 e. The molecule has 25 heavy (non-hydrogen) atoms. The number of nitrogens with one attached hydrogen (secondary N) is 1. The molecule has 1 saturated carbocycles. The van der Waals surface area contributed by atoms with Crippen molar-refractivity contribution in [2.45, 2.75) is 76.9 Å². The Labute approximate surface area is 151 Å². The molecule has 0 aromatic heterocycles. The molecule has 0 spiro atoms. The third-order valence-corrected chi connectivity index (χ3v) is 5.30. The topological polar surface area (TPSA) is 47.6 Å². The average molecular weight is 345 g/mol. The molecule has 1 fully saturated rings. The zero-order valence-corrected chi connectivity index (χ0v) is 15.4. The Balaban J connectivity index is 1.39.